The molecule has 2 atom stereocenters. The van der Waals surface area contributed by atoms with Gasteiger partial charge in [0.2, 0.25) is 5.91 Å². The molecule has 16 heavy (non-hydrogen) atoms. The molecule has 4 heteroatoms. The number of hydrogen-bond donors (Lipinski definition) is 1. The second-order valence-corrected chi connectivity index (χ2v) is 5.16. The van der Waals surface area contributed by atoms with E-state index in [2.05, 4.69) is 11.9 Å². The van der Waals surface area contributed by atoms with Crippen LogP contribution in [0.5, 0.6) is 0 Å². The second-order valence-electron chi connectivity index (χ2n) is 5.16. The summed E-state index contributed by atoms with van der Waals surface area (Å²) in [6, 6.07) is 0. The van der Waals surface area contributed by atoms with Gasteiger partial charge in [-0.15, -0.1) is 0 Å². The summed E-state index contributed by atoms with van der Waals surface area (Å²) < 4.78 is 0. The normalized spacial score (nSPS) is 32.0. The molecule has 1 amide bonds. The number of nitrogens with two attached hydrogens (primary N) is 1. The first-order valence-electron chi connectivity index (χ1n) is 6.39. The quantitative estimate of drug-likeness (QED) is 0.727. The van der Waals surface area contributed by atoms with E-state index in [4.69, 9.17) is 5.73 Å². The van der Waals surface area contributed by atoms with Crippen LogP contribution in [0, 0.1) is 11.8 Å². The van der Waals surface area contributed by atoms with Crippen molar-refractivity contribution < 1.29 is 4.79 Å². The molecule has 0 bridgehead atoms. The Hall–Kier alpha value is -0.610. The molecule has 1 heterocycles. The van der Waals surface area contributed by atoms with Crippen LogP contribution in [0.4, 0.5) is 0 Å². The van der Waals surface area contributed by atoms with Crippen molar-refractivity contribution in [3.63, 3.8) is 0 Å². The van der Waals surface area contributed by atoms with Crippen molar-refractivity contribution in [2.24, 2.45) is 17.6 Å². The summed E-state index contributed by atoms with van der Waals surface area (Å²) in [6.45, 7) is 4.47. The maximum Gasteiger partial charge on any atom is 0.226 e. The highest BCUT2D eigenvalue weighted by molar-refractivity contribution is 5.79. The van der Waals surface area contributed by atoms with Crippen LogP contribution in [-0.2, 0) is 4.79 Å². The van der Waals surface area contributed by atoms with Crippen molar-refractivity contribution in [2.75, 3.05) is 39.8 Å². The molecule has 2 rings (SSSR count). The van der Waals surface area contributed by atoms with E-state index in [1.807, 2.05) is 4.90 Å². The molecular formula is C12H23N3O. The van der Waals surface area contributed by atoms with E-state index in [1.54, 1.807) is 0 Å². The van der Waals surface area contributed by atoms with Crippen LogP contribution in [0.25, 0.3) is 0 Å². The molecule has 4 nitrogen and oxygen atoms in total. The van der Waals surface area contributed by atoms with Gasteiger partial charge in [0.05, 0.1) is 0 Å². The van der Waals surface area contributed by atoms with Crippen molar-refractivity contribution in [3.8, 4) is 0 Å². The topological polar surface area (TPSA) is 49.6 Å². The fourth-order valence-corrected chi connectivity index (χ4v) is 2.91. The summed E-state index contributed by atoms with van der Waals surface area (Å²) >= 11 is 0. The SMILES string of the molecule is CN1CCN(C(=O)C2CCCC2CN)CC1. The van der Waals surface area contributed by atoms with Crippen molar-refractivity contribution >= 4 is 5.91 Å². The standard InChI is InChI=1S/C12H23N3O/c1-14-5-7-15(8-6-14)12(16)11-4-2-3-10(11)9-13/h10-11H,2-9,13H2,1H3. The minimum absolute atomic E-state index is 0.216. The lowest BCUT2D eigenvalue weighted by Crippen LogP contribution is -2.49. The summed E-state index contributed by atoms with van der Waals surface area (Å²) in [6.07, 6.45) is 3.36. The van der Waals surface area contributed by atoms with E-state index >= 15 is 0 Å². The average molecular weight is 225 g/mol. The highest BCUT2D eigenvalue weighted by Gasteiger charge is 2.35. The Morgan fingerprint density at radius 3 is 2.56 bits per heavy atom. The highest BCUT2D eigenvalue weighted by Crippen LogP contribution is 2.32. The van der Waals surface area contributed by atoms with Gasteiger partial charge < -0.3 is 15.5 Å². The summed E-state index contributed by atoms with van der Waals surface area (Å²) in [7, 11) is 2.11. The molecule has 1 saturated heterocycles. The number of likely N-dealkylation sites (N-methyl/N-ethyl adjacent to an activating group) is 1. The zero-order chi connectivity index (χ0) is 11.5. The van der Waals surface area contributed by atoms with Gasteiger partial charge in [-0.3, -0.25) is 4.79 Å². The van der Waals surface area contributed by atoms with E-state index in [9.17, 15) is 4.79 Å². The van der Waals surface area contributed by atoms with Gasteiger partial charge >= 0.3 is 0 Å². The molecule has 1 saturated carbocycles. The van der Waals surface area contributed by atoms with Crippen molar-refractivity contribution in [2.45, 2.75) is 19.3 Å². The van der Waals surface area contributed by atoms with Gasteiger partial charge in [0.1, 0.15) is 0 Å². The van der Waals surface area contributed by atoms with Gasteiger partial charge in [-0.05, 0) is 32.4 Å². The van der Waals surface area contributed by atoms with E-state index in [0.717, 1.165) is 39.0 Å². The number of hydrogen-bond acceptors (Lipinski definition) is 3. The van der Waals surface area contributed by atoms with Crippen molar-refractivity contribution in [1.29, 1.82) is 0 Å². The zero-order valence-electron chi connectivity index (χ0n) is 10.2. The van der Waals surface area contributed by atoms with Crippen LogP contribution in [0.1, 0.15) is 19.3 Å². The third-order valence-corrected chi connectivity index (χ3v) is 4.09. The number of piperazine rings is 1. The van der Waals surface area contributed by atoms with Gasteiger partial charge in [-0.2, -0.15) is 0 Å². The van der Waals surface area contributed by atoms with Crippen LogP contribution in [-0.4, -0.2) is 55.5 Å². The van der Waals surface area contributed by atoms with Crippen molar-refractivity contribution in [3.05, 3.63) is 0 Å². The predicted molar refractivity (Wildman–Crippen MR) is 64.0 cm³/mol. The summed E-state index contributed by atoms with van der Waals surface area (Å²) in [4.78, 5) is 16.6. The van der Waals surface area contributed by atoms with Crippen LogP contribution in [0.2, 0.25) is 0 Å². The van der Waals surface area contributed by atoms with Crippen LogP contribution >= 0.6 is 0 Å². The Labute approximate surface area is 97.8 Å². The predicted octanol–water partition coefficient (Wildman–Crippen LogP) is 0.135. The van der Waals surface area contributed by atoms with Crippen LogP contribution < -0.4 is 5.73 Å². The molecule has 92 valence electrons. The molecule has 2 N–H and O–H groups in total. The third kappa shape index (κ3) is 2.38. The Kier molecular flexibility index (Phi) is 3.82. The molecule has 2 fully saturated rings. The Balaban J connectivity index is 1.91. The first-order valence-corrected chi connectivity index (χ1v) is 6.39. The van der Waals surface area contributed by atoms with Crippen molar-refractivity contribution in [1.82, 2.24) is 9.80 Å². The molecule has 0 radical (unpaired) electrons. The Bertz CT molecular complexity index is 249. The Morgan fingerprint density at radius 2 is 1.94 bits per heavy atom. The van der Waals surface area contributed by atoms with Gasteiger partial charge in [0, 0.05) is 32.1 Å². The molecule has 1 aliphatic heterocycles. The zero-order valence-corrected chi connectivity index (χ0v) is 10.2. The number of amides is 1. The minimum Gasteiger partial charge on any atom is -0.340 e. The minimum atomic E-state index is 0.216. The lowest BCUT2D eigenvalue weighted by molar-refractivity contribution is -0.138. The van der Waals surface area contributed by atoms with Gasteiger partial charge in [0.15, 0.2) is 0 Å². The highest BCUT2D eigenvalue weighted by atomic mass is 16.2. The molecule has 0 aromatic heterocycles. The van der Waals surface area contributed by atoms with Gasteiger partial charge in [0.25, 0.3) is 0 Å². The maximum absolute atomic E-state index is 12.3. The summed E-state index contributed by atoms with van der Waals surface area (Å²) in [5.41, 5.74) is 5.73. The second kappa shape index (κ2) is 5.15. The first kappa shape index (κ1) is 11.9. The fourth-order valence-electron chi connectivity index (χ4n) is 2.91. The fraction of sp³-hybridized carbons (Fsp3) is 0.917. The monoisotopic (exact) mass is 225 g/mol. The first-order chi connectivity index (χ1) is 7.72. The number of nitrogens with zero attached hydrogens (tertiary/aromatic N) is 2. The van der Waals surface area contributed by atoms with E-state index in [1.165, 1.54) is 6.42 Å². The van der Waals surface area contributed by atoms with Gasteiger partial charge in [-0.25, -0.2) is 0 Å². The van der Waals surface area contributed by atoms with E-state index in [-0.39, 0.29) is 5.92 Å². The number of carbonyl (C=O) groups is 1. The lowest BCUT2D eigenvalue weighted by Gasteiger charge is -2.35. The molecule has 0 spiro atoms. The van der Waals surface area contributed by atoms with Crippen LogP contribution in [0.3, 0.4) is 0 Å². The van der Waals surface area contributed by atoms with E-state index < -0.39 is 0 Å². The third-order valence-electron chi connectivity index (χ3n) is 4.09. The van der Waals surface area contributed by atoms with Gasteiger partial charge in [-0.1, -0.05) is 6.42 Å². The Morgan fingerprint density at radius 1 is 1.25 bits per heavy atom. The summed E-state index contributed by atoms with van der Waals surface area (Å²) in [5, 5.41) is 0. The van der Waals surface area contributed by atoms with Crippen LogP contribution in [0.15, 0.2) is 0 Å². The molecule has 2 unspecified atom stereocenters. The average Bonchev–Trinajstić information content (AvgIpc) is 2.77. The largest absolute Gasteiger partial charge is 0.340 e. The summed E-state index contributed by atoms with van der Waals surface area (Å²) in [5.74, 6) is 1.02. The number of rotatable bonds is 2. The number of carbonyl (C=O) groups excluding carboxylic acids is 1. The molecule has 0 aromatic carbocycles. The molecule has 0 aromatic rings. The molecule has 1 aliphatic carbocycles. The maximum atomic E-state index is 12.3. The smallest absolute Gasteiger partial charge is 0.226 e. The van der Waals surface area contributed by atoms with E-state index in [0.29, 0.717) is 18.4 Å². The molecule has 2 aliphatic rings. The molecular weight excluding hydrogens is 202 g/mol. The lowest BCUT2D eigenvalue weighted by atomic mass is 9.94.